The maximum atomic E-state index is 12.5. The molecule has 3 N–H and O–H groups in total. The number of fused-ring (bicyclic) bond motifs is 1. The highest BCUT2D eigenvalue weighted by Crippen LogP contribution is 2.23. The molecule has 7 nitrogen and oxygen atoms in total. The zero-order chi connectivity index (χ0) is 22.1. The van der Waals surface area contributed by atoms with Gasteiger partial charge in [-0.15, -0.1) is 0 Å². The molecule has 0 fully saturated rings. The molecule has 31 heavy (non-hydrogen) atoms. The second kappa shape index (κ2) is 8.39. The van der Waals surface area contributed by atoms with Gasteiger partial charge in [0.05, 0.1) is 11.1 Å². The van der Waals surface area contributed by atoms with Crippen molar-refractivity contribution in [2.24, 2.45) is 0 Å². The minimum absolute atomic E-state index is 0.132. The van der Waals surface area contributed by atoms with Gasteiger partial charge in [0, 0.05) is 17.1 Å². The molecule has 0 bridgehead atoms. The highest BCUT2D eigenvalue weighted by Gasteiger charge is 2.16. The third-order valence-electron chi connectivity index (χ3n) is 5.20. The summed E-state index contributed by atoms with van der Waals surface area (Å²) in [6.45, 7) is 7.98. The Morgan fingerprint density at radius 1 is 1.10 bits per heavy atom. The van der Waals surface area contributed by atoms with Crippen LogP contribution >= 0.6 is 11.8 Å². The summed E-state index contributed by atoms with van der Waals surface area (Å²) in [6, 6.07) is 13.7. The number of nitrogens with zero attached hydrogens (tertiary/aromatic N) is 3. The number of rotatable bonds is 5. The summed E-state index contributed by atoms with van der Waals surface area (Å²) in [6.07, 6.45) is 0. The first-order valence-electron chi connectivity index (χ1n) is 9.93. The third kappa shape index (κ3) is 4.25. The van der Waals surface area contributed by atoms with Gasteiger partial charge in [-0.3, -0.25) is 19.9 Å². The molecule has 4 aromatic rings. The molecular weight excluding hydrogens is 408 g/mol. The van der Waals surface area contributed by atoms with E-state index in [1.807, 2.05) is 63.2 Å². The van der Waals surface area contributed by atoms with Crippen LogP contribution in [-0.2, 0) is 4.79 Å². The molecule has 0 radical (unpaired) electrons. The van der Waals surface area contributed by atoms with Crippen LogP contribution in [-0.4, -0.2) is 31.4 Å². The molecule has 2 aromatic carbocycles. The number of aromatic nitrogens is 4. The lowest BCUT2D eigenvalue weighted by molar-refractivity contribution is -0.113. The maximum Gasteiger partial charge on any atom is 0.234 e. The number of hydrogen-bond acceptors (Lipinski definition) is 5. The van der Waals surface area contributed by atoms with Crippen molar-refractivity contribution in [1.82, 2.24) is 19.7 Å². The van der Waals surface area contributed by atoms with Gasteiger partial charge in [0.25, 0.3) is 0 Å². The average molecular weight is 433 g/mol. The van der Waals surface area contributed by atoms with Crippen LogP contribution in [0.1, 0.15) is 22.4 Å². The molecule has 0 aliphatic rings. The van der Waals surface area contributed by atoms with Gasteiger partial charge in [-0.2, -0.15) is 5.10 Å². The molecule has 2 aromatic heterocycles. The van der Waals surface area contributed by atoms with E-state index in [4.69, 9.17) is 5.41 Å². The van der Waals surface area contributed by atoms with Crippen molar-refractivity contribution in [3.8, 4) is 5.69 Å². The average Bonchev–Trinajstić information content (AvgIpc) is 3.11. The topological polar surface area (TPSA) is 99.5 Å². The molecule has 0 saturated carbocycles. The number of carbonyl (C=O) groups is 1. The number of carbonyl (C=O) groups excluding carboxylic acids is 1. The van der Waals surface area contributed by atoms with Crippen LogP contribution in [0.25, 0.3) is 16.7 Å². The van der Waals surface area contributed by atoms with Crippen molar-refractivity contribution >= 4 is 34.4 Å². The van der Waals surface area contributed by atoms with Crippen LogP contribution in [0, 0.1) is 33.1 Å². The van der Waals surface area contributed by atoms with Gasteiger partial charge >= 0.3 is 0 Å². The zero-order valence-corrected chi connectivity index (χ0v) is 18.7. The fraction of sp³-hybridized carbons (Fsp3) is 0.217. The molecule has 8 heteroatoms. The minimum atomic E-state index is -0.132. The van der Waals surface area contributed by atoms with Crippen LogP contribution in [0.15, 0.2) is 47.6 Å². The number of anilines is 1. The van der Waals surface area contributed by atoms with E-state index in [9.17, 15) is 4.79 Å². The molecular formula is C23H24N6OS. The Hall–Kier alpha value is -3.39. The smallest absolute Gasteiger partial charge is 0.234 e. The van der Waals surface area contributed by atoms with Crippen molar-refractivity contribution < 1.29 is 4.79 Å². The predicted octanol–water partition coefficient (Wildman–Crippen LogP) is 4.19. The van der Waals surface area contributed by atoms with Crippen LogP contribution < -0.4 is 10.8 Å². The van der Waals surface area contributed by atoms with E-state index in [1.54, 1.807) is 4.57 Å². The number of aromatic amines is 1. The first kappa shape index (κ1) is 20.9. The second-order valence-electron chi connectivity index (χ2n) is 7.60. The lowest BCUT2D eigenvalue weighted by Gasteiger charge is -2.14. The Balaban J connectivity index is 1.69. The summed E-state index contributed by atoms with van der Waals surface area (Å²) in [5, 5.41) is 20.1. The van der Waals surface area contributed by atoms with Crippen LogP contribution in [0.3, 0.4) is 0 Å². The summed E-state index contributed by atoms with van der Waals surface area (Å²) in [4.78, 5) is 17.2. The monoisotopic (exact) mass is 432 g/mol. The van der Waals surface area contributed by atoms with Gasteiger partial charge in [0.2, 0.25) is 5.91 Å². The van der Waals surface area contributed by atoms with E-state index in [2.05, 4.69) is 27.4 Å². The number of H-pyrrole nitrogens is 1. The summed E-state index contributed by atoms with van der Waals surface area (Å²) >= 11 is 1.29. The normalized spacial score (nSPS) is 11.1. The highest BCUT2D eigenvalue weighted by atomic mass is 32.2. The predicted molar refractivity (Wildman–Crippen MR) is 124 cm³/mol. The fourth-order valence-corrected chi connectivity index (χ4v) is 4.10. The number of thioether (sulfide) groups is 1. The Bertz CT molecular complexity index is 1340. The van der Waals surface area contributed by atoms with Gasteiger partial charge in [0.15, 0.2) is 10.8 Å². The van der Waals surface area contributed by atoms with E-state index < -0.39 is 0 Å². The summed E-state index contributed by atoms with van der Waals surface area (Å²) in [5.74, 6) is 0.0344. The lowest BCUT2D eigenvalue weighted by Crippen LogP contribution is -2.23. The molecule has 0 saturated heterocycles. The van der Waals surface area contributed by atoms with Gasteiger partial charge in [-0.25, -0.2) is 4.98 Å². The number of amides is 1. The Morgan fingerprint density at radius 2 is 1.84 bits per heavy atom. The summed E-state index contributed by atoms with van der Waals surface area (Å²) in [7, 11) is 0. The Morgan fingerprint density at radius 3 is 2.55 bits per heavy atom. The van der Waals surface area contributed by atoms with Crippen molar-refractivity contribution in [3.63, 3.8) is 0 Å². The molecule has 0 aliphatic carbocycles. The third-order valence-corrected chi connectivity index (χ3v) is 6.14. The number of nitrogens with one attached hydrogen (secondary N) is 3. The van der Waals surface area contributed by atoms with Crippen molar-refractivity contribution in [2.75, 3.05) is 11.1 Å². The van der Waals surface area contributed by atoms with Crippen LogP contribution in [0.5, 0.6) is 0 Å². The molecule has 0 aliphatic heterocycles. The van der Waals surface area contributed by atoms with E-state index >= 15 is 0 Å². The van der Waals surface area contributed by atoms with E-state index in [-0.39, 0.29) is 11.7 Å². The van der Waals surface area contributed by atoms with Crippen molar-refractivity contribution in [3.05, 3.63) is 70.3 Å². The molecule has 0 spiro atoms. The molecule has 0 atom stereocenters. The minimum Gasteiger partial charge on any atom is -0.325 e. The molecule has 158 valence electrons. The Kier molecular flexibility index (Phi) is 5.65. The van der Waals surface area contributed by atoms with Gasteiger partial charge in [0.1, 0.15) is 5.49 Å². The van der Waals surface area contributed by atoms with Crippen LogP contribution in [0.2, 0.25) is 0 Å². The quantitative estimate of drug-likeness (QED) is 0.325. The lowest BCUT2D eigenvalue weighted by atomic mass is 10.1. The Labute approximate surface area is 184 Å². The number of hydrogen-bond donors (Lipinski definition) is 3. The van der Waals surface area contributed by atoms with E-state index in [0.717, 1.165) is 28.2 Å². The number of benzene rings is 2. The standard InChI is InChI=1S/C23H24N6OS/c1-13-5-8-17(9-6-13)25-19(30)12-31-23-26-22-20(16(4)27-28-22)21(24)29(23)18-10-7-14(2)15(3)11-18/h5-11,24H,12H2,1-4H3,(H,25,30)(H,27,28). The summed E-state index contributed by atoms with van der Waals surface area (Å²) in [5.41, 5.74) is 6.59. The second-order valence-corrected chi connectivity index (χ2v) is 8.54. The van der Waals surface area contributed by atoms with E-state index in [0.29, 0.717) is 21.7 Å². The molecule has 2 heterocycles. The zero-order valence-electron chi connectivity index (χ0n) is 17.9. The maximum absolute atomic E-state index is 12.5. The summed E-state index contributed by atoms with van der Waals surface area (Å²) < 4.78 is 1.78. The van der Waals surface area contributed by atoms with Gasteiger partial charge in [-0.1, -0.05) is 35.5 Å². The molecule has 0 unspecified atom stereocenters. The van der Waals surface area contributed by atoms with Crippen LogP contribution in [0.4, 0.5) is 5.69 Å². The first-order valence-corrected chi connectivity index (χ1v) is 10.9. The largest absolute Gasteiger partial charge is 0.325 e. The molecule has 1 amide bonds. The fourth-order valence-electron chi connectivity index (χ4n) is 3.29. The SMILES string of the molecule is Cc1ccc(NC(=O)CSc2nc3n[nH]c(C)c3c(=N)n2-c2ccc(C)c(C)c2)cc1. The number of aryl methyl sites for hydroxylation is 4. The van der Waals surface area contributed by atoms with E-state index in [1.165, 1.54) is 17.3 Å². The highest BCUT2D eigenvalue weighted by molar-refractivity contribution is 7.99. The van der Waals surface area contributed by atoms with Crippen molar-refractivity contribution in [2.45, 2.75) is 32.9 Å². The van der Waals surface area contributed by atoms with Crippen molar-refractivity contribution in [1.29, 1.82) is 5.41 Å². The molecule has 4 rings (SSSR count). The van der Waals surface area contributed by atoms with Gasteiger partial charge in [-0.05, 0) is 63.1 Å². The first-order chi connectivity index (χ1) is 14.8. The van der Waals surface area contributed by atoms with Gasteiger partial charge < -0.3 is 5.32 Å².